The summed E-state index contributed by atoms with van der Waals surface area (Å²) in [5.74, 6) is 0.227. The molecular weight excluding hydrogens is 272 g/mol. The first-order valence-corrected chi connectivity index (χ1v) is 7.74. The maximum absolute atomic E-state index is 12.5. The molecule has 0 bridgehead atoms. The van der Waals surface area contributed by atoms with Crippen molar-refractivity contribution in [2.75, 3.05) is 0 Å². The fourth-order valence-electron chi connectivity index (χ4n) is 2.39. The van der Waals surface area contributed by atoms with E-state index >= 15 is 0 Å². The molecule has 2 heterocycles. The van der Waals surface area contributed by atoms with E-state index in [4.69, 9.17) is 11.6 Å². The summed E-state index contributed by atoms with van der Waals surface area (Å²) in [6, 6.07) is 3.90. The average Bonchev–Trinajstić information content (AvgIpc) is 2.95. The summed E-state index contributed by atoms with van der Waals surface area (Å²) in [6.45, 7) is 0. The van der Waals surface area contributed by atoms with Crippen LogP contribution in [-0.2, 0) is 6.42 Å². The van der Waals surface area contributed by atoms with E-state index < -0.39 is 0 Å². The van der Waals surface area contributed by atoms with E-state index in [1.54, 1.807) is 17.4 Å². The molecule has 0 aliphatic heterocycles. The van der Waals surface area contributed by atoms with Gasteiger partial charge in [-0.1, -0.05) is 11.6 Å². The molecule has 0 saturated heterocycles. The predicted molar refractivity (Wildman–Crippen MR) is 73.7 cm³/mol. The van der Waals surface area contributed by atoms with Crippen LogP contribution in [0.15, 0.2) is 22.9 Å². The van der Waals surface area contributed by atoms with Crippen molar-refractivity contribution >= 4 is 40.1 Å². The maximum Gasteiger partial charge on any atom is 0.181 e. The first-order valence-electron chi connectivity index (χ1n) is 5.61. The SMILES string of the molecule is O=C(c1sccc1Cl)C1CCCc2sccc21. The highest BCUT2D eigenvalue weighted by Crippen LogP contribution is 2.38. The summed E-state index contributed by atoms with van der Waals surface area (Å²) in [7, 11) is 0. The molecule has 0 amide bonds. The number of Topliss-reactive ketones (excluding diaryl/α,β-unsaturated/α-hetero) is 1. The molecule has 2 aromatic rings. The summed E-state index contributed by atoms with van der Waals surface area (Å²) in [5.41, 5.74) is 1.23. The molecule has 1 aliphatic carbocycles. The molecule has 1 unspecified atom stereocenters. The second-order valence-corrected chi connectivity index (χ2v) is 6.53. The predicted octanol–water partition coefficient (Wildman–Crippen LogP) is 4.77. The van der Waals surface area contributed by atoms with Crippen LogP contribution >= 0.6 is 34.3 Å². The van der Waals surface area contributed by atoms with E-state index in [1.165, 1.54) is 21.8 Å². The number of rotatable bonds is 2. The first-order chi connectivity index (χ1) is 8.27. The lowest BCUT2D eigenvalue weighted by Crippen LogP contribution is -2.16. The van der Waals surface area contributed by atoms with Crippen LogP contribution in [0.5, 0.6) is 0 Å². The van der Waals surface area contributed by atoms with Crippen LogP contribution in [0.1, 0.15) is 38.9 Å². The van der Waals surface area contributed by atoms with E-state index in [9.17, 15) is 4.79 Å². The minimum absolute atomic E-state index is 0.0288. The van der Waals surface area contributed by atoms with Gasteiger partial charge in [-0.2, -0.15) is 0 Å². The second kappa shape index (κ2) is 4.56. The van der Waals surface area contributed by atoms with Crippen LogP contribution < -0.4 is 0 Å². The molecule has 88 valence electrons. The van der Waals surface area contributed by atoms with Gasteiger partial charge in [0.25, 0.3) is 0 Å². The minimum atomic E-state index is 0.0288. The smallest absolute Gasteiger partial charge is 0.181 e. The molecule has 0 aromatic carbocycles. The van der Waals surface area contributed by atoms with Crippen LogP contribution in [0.3, 0.4) is 0 Å². The van der Waals surface area contributed by atoms with Crippen molar-refractivity contribution in [2.24, 2.45) is 0 Å². The Morgan fingerprint density at radius 1 is 1.29 bits per heavy atom. The zero-order chi connectivity index (χ0) is 11.8. The van der Waals surface area contributed by atoms with Gasteiger partial charge in [-0.15, -0.1) is 22.7 Å². The zero-order valence-corrected chi connectivity index (χ0v) is 11.5. The lowest BCUT2D eigenvalue weighted by Gasteiger charge is -2.20. The molecule has 0 N–H and O–H groups in total. The highest BCUT2D eigenvalue weighted by atomic mass is 35.5. The number of fused-ring (bicyclic) bond motifs is 1. The summed E-state index contributed by atoms with van der Waals surface area (Å²) in [5, 5.41) is 4.57. The lowest BCUT2D eigenvalue weighted by atomic mass is 9.84. The van der Waals surface area contributed by atoms with Gasteiger partial charge in [-0.25, -0.2) is 0 Å². The van der Waals surface area contributed by atoms with Crippen LogP contribution in [0.4, 0.5) is 0 Å². The Hall–Kier alpha value is -0.640. The molecule has 17 heavy (non-hydrogen) atoms. The van der Waals surface area contributed by atoms with Crippen molar-refractivity contribution in [1.29, 1.82) is 0 Å². The number of ketones is 1. The van der Waals surface area contributed by atoms with E-state index in [0.717, 1.165) is 24.1 Å². The van der Waals surface area contributed by atoms with Crippen molar-refractivity contribution in [1.82, 2.24) is 0 Å². The highest BCUT2D eigenvalue weighted by Gasteiger charge is 2.29. The summed E-state index contributed by atoms with van der Waals surface area (Å²) >= 11 is 9.26. The van der Waals surface area contributed by atoms with E-state index in [2.05, 4.69) is 11.4 Å². The molecule has 1 atom stereocenters. The molecule has 1 nitrogen and oxygen atoms in total. The Morgan fingerprint density at radius 2 is 2.12 bits per heavy atom. The van der Waals surface area contributed by atoms with Gasteiger partial charge in [0.2, 0.25) is 0 Å². The van der Waals surface area contributed by atoms with Gasteiger partial charge in [0.05, 0.1) is 9.90 Å². The highest BCUT2D eigenvalue weighted by molar-refractivity contribution is 7.13. The van der Waals surface area contributed by atoms with Crippen LogP contribution in [0, 0.1) is 0 Å². The van der Waals surface area contributed by atoms with Crippen molar-refractivity contribution in [3.63, 3.8) is 0 Å². The molecule has 0 spiro atoms. The van der Waals surface area contributed by atoms with E-state index in [-0.39, 0.29) is 11.7 Å². The largest absolute Gasteiger partial charge is 0.293 e. The number of hydrogen-bond acceptors (Lipinski definition) is 3. The summed E-state index contributed by atoms with van der Waals surface area (Å²) in [6.07, 6.45) is 3.18. The van der Waals surface area contributed by atoms with Crippen LogP contribution in [0.2, 0.25) is 5.02 Å². The minimum Gasteiger partial charge on any atom is -0.293 e. The fourth-order valence-corrected chi connectivity index (χ4v) is 4.52. The fraction of sp³-hybridized carbons (Fsp3) is 0.308. The molecule has 2 aromatic heterocycles. The van der Waals surface area contributed by atoms with Gasteiger partial charge in [0.15, 0.2) is 5.78 Å². The lowest BCUT2D eigenvalue weighted by molar-refractivity contribution is 0.0955. The Morgan fingerprint density at radius 3 is 2.88 bits per heavy atom. The number of carbonyl (C=O) groups excluding carboxylic acids is 1. The normalized spacial score (nSPS) is 19.0. The second-order valence-electron chi connectivity index (χ2n) is 4.21. The Labute approximate surface area is 113 Å². The zero-order valence-electron chi connectivity index (χ0n) is 9.11. The van der Waals surface area contributed by atoms with Gasteiger partial charge in [-0.3, -0.25) is 4.79 Å². The third kappa shape index (κ3) is 1.96. The van der Waals surface area contributed by atoms with Gasteiger partial charge in [0.1, 0.15) is 0 Å². The summed E-state index contributed by atoms with van der Waals surface area (Å²) in [4.78, 5) is 14.6. The van der Waals surface area contributed by atoms with Crippen molar-refractivity contribution < 1.29 is 4.79 Å². The molecule has 0 saturated carbocycles. The molecule has 4 heteroatoms. The molecule has 3 rings (SSSR count). The first kappa shape index (κ1) is 11.5. The average molecular weight is 283 g/mol. The van der Waals surface area contributed by atoms with Crippen LogP contribution in [0.25, 0.3) is 0 Å². The number of carbonyl (C=O) groups is 1. The van der Waals surface area contributed by atoms with Gasteiger partial charge in [-0.05, 0) is 47.7 Å². The Kier molecular flexibility index (Phi) is 3.07. The monoisotopic (exact) mass is 282 g/mol. The molecular formula is C13H11ClOS2. The van der Waals surface area contributed by atoms with E-state index in [0.29, 0.717) is 5.02 Å². The number of halogens is 1. The van der Waals surface area contributed by atoms with Gasteiger partial charge in [0, 0.05) is 10.8 Å². The number of aryl methyl sites for hydroxylation is 1. The van der Waals surface area contributed by atoms with E-state index in [1.807, 2.05) is 5.38 Å². The maximum atomic E-state index is 12.5. The topological polar surface area (TPSA) is 17.1 Å². The molecule has 0 radical (unpaired) electrons. The molecule has 0 fully saturated rings. The molecule has 1 aliphatic rings. The van der Waals surface area contributed by atoms with Crippen molar-refractivity contribution in [2.45, 2.75) is 25.2 Å². The number of thiophene rings is 2. The number of hydrogen-bond donors (Lipinski definition) is 0. The van der Waals surface area contributed by atoms with Gasteiger partial charge < -0.3 is 0 Å². The van der Waals surface area contributed by atoms with Crippen molar-refractivity contribution in [3.05, 3.63) is 43.2 Å². The van der Waals surface area contributed by atoms with Crippen molar-refractivity contribution in [3.8, 4) is 0 Å². The Bertz CT molecular complexity index is 555. The third-order valence-electron chi connectivity index (χ3n) is 3.21. The quantitative estimate of drug-likeness (QED) is 0.726. The Balaban J connectivity index is 1.97. The summed E-state index contributed by atoms with van der Waals surface area (Å²) < 4.78 is 0. The third-order valence-corrected chi connectivity index (χ3v) is 5.56. The van der Waals surface area contributed by atoms with Crippen LogP contribution in [-0.4, -0.2) is 5.78 Å². The van der Waals surface area contributed by atoms with Gasteiger partial charge >= 0.3 is 0 Å². The standard InChI is InChI=1S/C13H11ClOS2/c14-10-5-7-17-13(10)12(15)9-2-1-3-11-8(9)4-6-16-11/h4-7,9H,1-3H2.